The largest absolute Gasteiger partial charge is 0.368 e. The van der Waals surface area contributed by atoms with E-state index in [4.69, 9.17) is 11.6 Å². The Morgan fingerprint density at radius 3 is 2.42 bits per heavy atom. The van der Waals surface area contributed by atoms with E-state index in [1.807, 2.05) is 12.1 Å². The molecule has 0 unspecified atom stereocenters. The first kappa shape index (κ1) is 17.5. The van der Waals surface area contributed by atoms with Crippen LogP contribution < -0.4 is 4.90 Å². The summed E-state index contributed by atoms with van der Waals surface area (Å²) in [5.74, 6) is 0. The molecule has 2 heterocycles. The minimum atomic E-state index is -0.328. The van der Waals surface area contributed by atoms with Gasteiger partial charge in [0.25, 0.3) is 0 Å². The van der Waals surface area contributed by atoms with E-state index < -0.39 is 0 Å². The third-order valence-electron chi connectivity index (χ3n) is 5.18. The second kappa shape index (κ2) is 7.68. The molecule has 2 saturated heterocycles. The summed E-state index contributed by atoms with van der Waals surface area (Å²) >= 11 is 6.36. The molecule has 3 rings (SSSR count). The Kier molecular flexibility index (Phi) is 5.58. The monoisotopic (exact) mass is 352 g/mol. The molecule has 1 aromatic carbocycles. The lowest BCUT2D eigenvalue weighted by Gasteiger charge is -2.43. The second-order valence-corrected chi connectivity index (χ2v) is 7.24. The van der Waals surface area contributed by atoms with Crippen molar-refractivity contribution in [3.63, 3.8) is 0 Å². The fourth-order valence-corrected chi connectivity index (χ4v) is 4.07. The van der Waals surface area contributed by atoms with Crippen LogP contribution in [0.5, 0.6) is 0 Å². The molecule has 6 nitrogen and oxygen atoms in total. The lowest BCUT2D eigenvalue weighted by molar-refractivity contribution is -0.496. The van der Waals surface area contributed by atoms with E-state index in [0.29, 0.717) is 16.6 Å². The van der Waals surface area contributed by atoms with Crippen molar-refractivity contribution in [2.45, 2.75) is 25.4 Å². The fraction of sp³-hybridized carbons (Fsp3) is 0.647. The van der Waals surface area contributed by atoms with E-state index in [1.54, 1.807) is 6.07 Å². The minimum Gasteiger partial charge on any atom is -0.368 e. The summed E-state index contributed by atoms with van der Waals surface area (Å²) in [6, 6.07) is 6.17. The number of nitro groups is 1. The summed E-state index contributed by atoms with van der Waals surface area (Å²) in [7, 11) is 2.19. The van der Waals surface area contributed by atoms with Crippen LogP contribution in [0.4, 0.5) is 5.69 Å². The Hall–Kier alpha value is -1.37. The van der Waals surface area contributed by atoms with Gasteiger partial charge in [-0.15, -0.1) is 0 Å². The molecule has 0 N–H and O–H groups in total. The maximum absolute atomic E-state index is 10.6. The molecule has 0 atom stereocenters. The molecule has 0 aromatic heterocycles. The van der Waals surface area contributed by atoms with Crippen molar-refractivity contribution < 1.29 is 4.92 Å². The van der Waals surface area contributed by atoms with E-state index in [-0.39, 0.29) is 11.5 Å². The summed E-state index contributed by atoms with van der Waals surface area (Å²) in [5, 5.41) is 11.2. The molecule has 24 heavy (non-hydrogen) atoms. The zero-order chi connectivity index (χ0) is 17.1. The van der Waals surface area contributed by atoms with Gasteiger partial charge in [0.15, 0.2) is 0 Å². The van der Waals surface area contributed by atoms with Crippen LogP contribution in [-0.2, 0) is 6.54 Å². The molecule has 2 aliphatic heterocycles. The maximum Gasteiger partial charge on any atom is 0.228 e. The summed E-state index contributed by atoms with van der Waals surface area (Å²) in [4.78, 5) is 17.6. The standard InChI is InChI=1S/C17H25ClN4O2/c1-19-6-4-15(5-7-19)20-8-10-21(11-9-20)17-3-2-14(12-16(17)18)13-22(23)24/h2-3,12,15H,4-11,13H2,1H3. The number of likely N-dealkylation sites (tertiary alicyclic amines) is 1. The number of anilines is 1. The Labute approximate surface area is 148 Å². The number of rotatable bonds is 4. The van der Waals surface area contributed by atoms with Gasteiger partial charge in [0.1, 0.15) is 0 Å². The van der Waals surface area contributed by atoms with Gasteiger partial charge in [0, 0.05) is 42.7 Å². The quantitative estimate of drug-likeness (QED) is 0.615. The third kappa shape index (κ3) is 4.18. The predicted octanol–water partition coefficient (Wildman–Crippen LogP) is 2.33. The van der Waals surface area contributed by atoms with Gasteiger partial charge in [0.05, 0.1) is 10.7 Å². The van der Waals surface area contributed by atoms with Gasteiger partial charge in [0.2, 0.25) is 6.54 Å². The van der Waals surface area contributed by atoms with Crippen molar-refractivity contribution >= 4 is 17.3 Å². The van der Waals surface area contributed by atoms with Crippen LogP contribution in [0.25, 0.3) is 0 Å². The molecule has 7 heteroatoms. The van der Waals surface area contributed by atoms with Gasteiger partial charge >= 0.3 is 0 Å². The molecular weight excluding hydrogens is 328 g/mol. The Morgan fingerprint density at radius 1 is 1.17 bits per heavy atom. The lowest BCUT2D eigenvalue weighted by atomic mass is 10.0. The number of hydrogen-bond acceptors (Lipinski definition) is 5. The molecule has 0 aliphatic carbocycles. The second-order valence-electron chi connectivity index (χ2n) is 6.83. The number of halogens is 1. The molecule has 0 spiro atoms. The summed E-state index contributed by atoms with van der Waals surface area (Å²) in [6.45, 7) is 6.23. The third-order valence-corrected chi connectivity index (χ3v) is 5.49. The highest BCUT2D eigenvalue weighted by atomic mass is 35.5. The van der Waals surface area contributed by atoms with Crippen molar-refractivity contribution in [2.75, 3.05) is 51.2 Å². The zero-order valence-electron chi connectivity index (χ0n) is 14.2. The average molecular weight is 353 g/mol. The van der Waals surface area contributed by atoms with Gasteiger partial charge in [-0.1, -0.05) is 17.7 Å². The first-order valence-corrected chi connectivity index (χ1v) is 8.98. The molecular formula is C17H25ClN4O2. The zero-order valence-corrected chi connectivity index (χ0v) is 14.9. The van der Waals surface area contributed by atoms with E-state index in [9.17, 15) is 10.1 Å². The summed E-state index contributed by atoms with van der Waals surface area (Å²) < 4.78 is 0. The maximum atomic E-state index is 10.6. The Bertz CT molecular complexity index is 582. The molecule has 2 fully saturated rings. The molecule has 0 bridgehead atoms. The minimum absolute atomic E-state index is 0.177. The van der Waals surface area contributed by atoms with E-state index in [0.717, 1.165) is 31.9 Å². The number of piperidine rings is 1. The Morgan fingerprint density at radius 2 is 1.83 bits per heavy atom. The smallest absolute Gasteiger partial charge is 0.228 e. The first-order chi connectivity index (χ1) is 11.5. The van der Waals surface area contributed by atoms with Gasteiger partial charge < -0.3 is 9.80 Å². The number of benzene rings is 1. The first-order valence-electron chi connectivity index (χ1n) is 8.60. The van der Waals surface area contributed by atoms with Crippen molar-refractivity contribution in [3.05, 3.63) is 38.9 Å². The number of nitrogens with zero attached hydrogens (tertiary/aromatic N) is 4. The van der Waals surface area contributed by atoms with Crippen LogP contribution >= 0.6 is 11.6 Å². The normalized spacial score (nSPS) is 21.2. The van der Waals surface area contributed by atoms with E-state index in [2.05, 4.69) is 21.7 Å². The molecule has 132 valence electrons. The van der Waals surface area contributed by atoms with Crippen LogP contribution in [0.2, 0.25) is 5.02 Å². The van der Waals surface area contributed by atoms with Gasteiger partial charge in [-0.3, -0.25) is 15.0 Å². The lowest BCUT2D eigenvalue weighted by Crippen LogP contribution is -2.53. The SMILES string of the molecule is CN1CCC(N2CCN(c3ccc(C[N+](=O)[O-])cc3Cl)CC2)CC1. The highest BCUT2D eigenvalue weighted by molar-refractivity contribution is 6.33. The van der Waals surface area contributed by atoms with Crippen molar-refractivity contribution in [1.82, 2.24) is 9.80 Å². The number of piperazine rings is 1. The van der Waals surface area contributed by atoms with Crippen LogP contribution in [0.15, 0.2) is 18.2 Å². The average Bonchev–Trinajstić information content (AvgIpc) is 2.55. The predicted molar refractivity (Wildman–Crippen MR) is 96.5 cm³/mol. The van der Waals surface area contributed by atoms with Crippen LogP contribution in [-0.4, -0.2) is 67.1 Å². The van der Waals surface area contributed by atoms with Gasteiger partial charge in [-0.2, -0.15) is 0 Å². The number of hydrogen-bond donors (Lipinski definition) is 0. The molecule has 1 aromatic rings. The van der Waals surface area contributed by atoms with Gasteiger partial charge in [-0.25, -0.2) is 0 Å². The summed E-state index contributed by atoms with van der Waals surface area (Å²) in [5.41, 5.74) is 1.64. The molecule has 0 radical (unpaired) electrons. The molecule has 0 amide bonds. The highest BCUT2D eigenvalue weighted by Gasteiger charge is 2.27. The van der Waals surface area contributed by atoms with E-state index >= 15 is 0 Å². The fourth-order valence-electron chi connectivity index (χ4n) is 3.74. The van der Waals surface area contributed by atoms with Crippen molar-refractivity contribution in [2.24, 2.45) is 0 Å². The highest BCUT2D eigenvalue weighted by Crippen LogP contribution is 2.29. The van der Waals surface area contributed by atoms with Gasteiger partial charge in [-0.05, 0) is 45.1 Å². The van der Waals surface area contributed by atoms with Crippen LogP contribution in [0, 0.1) is 10.1 Å². The molecule has 2 aliphatic rings. The topological polar surface area (TPSA) is 52.9 Å². The van der Waals surface area contributed by atoms with Crippen molar-refractivity contribution in [1.29, 1.82) is 0 Å². The summed E-state index contributed by atoms with van der Waals surface area (Å²) in [6.07, 6.45) is 2.51. The van der Waals surface area contributed by atoms with Crippen molar-refractivity contribution in [3.8, 4) is 0 Å². The van der Waals surface area contributed by atoms with E-state index in [1.165, 1.54) is 25.9 Å². The molecule has 0 saturated carbocycles. The van der Waals surface area contributed by atoms with Crippen LogP contribution in [0.3, 0.4) is 0 Å². The Balaban J connectivity index is 1.57. The van der Waals surface area contributed by atoms with Crippen LogP contribution in [0.1, 0.15) is 18.4 Å².